The monoisotopic (exact) mass is 361 g/mol. The van der Waals surface area contributed by atoms with Crippen LogP contribution in [0.1, 0.15) is 5.56 Å². The molecule has 1 heterocycles. The van der Waals surface area contributed by atoms with Crippen LogP contribution in [0.15, 0.2) is 42.5 Å². The molecule has 3 rings (SSSR count). The Hall–Kier alpha value is -3.06. The van der Waals surface area contributed by atoms with Gasteiger partial charge in [-0.25, -0.2) is 4.79 Å². The fourth-order valence-electron chi connectivity index (χ4n) is 2.16. The number of nitro benzene ring substituents is 1. The maximum Gasteiger partial charge on any atom is 0.336 e. The van der Waals surface area contributed by atoms with Gasteiger partial charge >= 0.3 is 5.97 Å². The summed E-state index contributed by atoms with van der Waals surface area (Å²) in [6.07, 6.45) is 2.78. The van der Waals surface area contributed by atoms with Gasteiger partial charge in [0, 0.05) is 18.2 Å². The van der Waals surface area contributed by atoms with Crippen molar-refractivity contribution < 1.29 is 23.9 Å². The second-order valence-electron chi connectivity index (χ2n) is 5.03. The molecule has 25 heavy (non-hydrogen) atoms. The lowest BCUT2D eigenvalue weighted by Gasteiger charge is -2.18. The van der Waals surface area contributed by atoms with Crippen LogP contribution < -0.4 is 14.2 Å². The average Bonchev–Trinajstić information content (AvgIpc) is 2.61. The van der Waals surface area contributed by atoms with Crippen molar-refractivity contribution in [2.75, 3.05) is 13.2 Å². The van der Waals surface area contributed by atoms with Crippen LogP contribution in [0, 0.1) is 10.1 Å². The number of nitro groups is 1. The van der Waals surface area contributed by atoms with E-state index < -0.39 is 10.9 Å². The second kappa shape index (κ2) is 7.23. The van der Waals surface area contributed by atoms with Crippen LogP contribution in [0.5, 0.6) is 17.2 Å². The summed E-state index contributed by atoms with van der Waals surface area (Å²) in [7, 11) is 0. The summed E-state index contributed by atoms with van der Waals surface area (Å²) in [6.45, 7) is 0.978. The van der Waals surface area contributed by atoms with Gasteiger partial charge in [0.1, 0.15) is 19.0 Å². The molecule has 0 saturated carbocycles. The molecule has 0 fully saturated rings. The van der Waals surface area contributed by atoms with Gasteiger partial charge in [-0.3, -0.25) is 10.1 Å². The first-order valence-electron chi connectivity index (χ1n) is 7.26. The van der Waals surface area contributed by atoms with Gasteiger partial charge in [0.05, 0.1) is 9.95 Å². The number of hydrogen-bond acceptors (Lipinski definition) is 6. The van der Waals surface area contributed by atoms with Crippen LogP contribution >= 0.6 is 11.6 Å². The number of non-ortho nitro benzene ring substituents is 1. The van der Waals surface area contributed by atoms with Gasteiger partial charge in [0.2, 0.25) is 0 Å². The highest BCUT2D eigenvalue weighted by molar-refractivity contribution is 6.32. The van der Waals surface area contributed by atoms with E-state index in [9.17, 15) is 14.9 Å². The van der Waals surface area contributed by atoms with E-state index in [1.807, 2.05) is 0 Å². The van der Waals surface area contributed by atoms with Crippen molar-refractivity contribution >= 4 is 29.3 Å². The maximum atomic E-state index is 11.9. The molecule has 2 aromatic rings. The number of ether oxygens (including phenoxy) is 3. The minimum Gasteiger partial charge on any atom is -0.486 e. The fourth-order valence-corrected chi connectivity index (χ4v) is 2.37. The standard InChI is InChI=1S/C17H12ClNO6/c18-13-10-12(19(21)22)3-5-14(13)25-17(20)6-2-11-1-4-15-16(9-11)24-8-7-23-15/h1-6,9-10H,7-8H2/b6-2+. The number of benzene rings is 2. The third-order valence-corrected chi connectivity index (χ3v) is 3.61. The molecule has 0 saturated heterocycles. The molecule has 0 aliphatic carbocycles. The second-order valence-corrected chi connectivity index (χ2v) is 5.44. The van der Waals surface area contributed by atoms with E-state index in [0.29, 0.717) is 24.7 Å². The first kappa shape index (κ1) is 16.8. The molecular formula is C17H12ClNO6. The first-order valence-corrected chi connectivity index (χ1v) is 7.64. The first-order chi connectivity index (χ1) is 12.0. The van der Waals surface area contributed by atoms with Crippen LogP contribution in [-0.4, -0.2) is 24.1 Å². The zero-order valence-corrected chi connectivity index (χ0v) is 13.6. The number of carbonyl (C=O) groups excluding carboxylic acids is 1. The Labute approximate surface area is 147 Å². The van der Waals surface area contributed by atoms with Crippen molar-refractivity contribution in [3.8, 4) is 17.2 Å². The number of esters is 1. The Bertz CT molecular complexity index is 864. The number of carbonyl (C=O) groups is 1. The Morgan fingerprint density at radius 1 is 1.16 bits per heavy atom. The van der Waals surface area contributed by atoms with E-state index in [4.69, 9.17) is 25.8 Å². The van der Waals surface area contributed by atoms with Gasteiger partial charge in [-0.2, -0.15) is 0 Å². The minimum atomic E-state index is -0.661. The minimum absolute atomic E-state index is 0.0183. The molecule has 0 spiro atoms. The Balaban J connectivity index is 1.68. The molecule has 2 aromatic carbocycles. The van der Waals surface area contributed by atoms with Crippen molar-refractivity contribution in [1.82, 2.24) is 0 Å². The van der Waals surface area contributed by atoms with Gasteiger partial charge in [-0.1, -0.05) is 17.7 Å². The predicted octanol–water partition coefficient (Wildman–Crippen LogP) is 3.64. The molecule has 0 radical (unpaired) electrons. The highest BCUT2D eigenvalue weighted by atomic mass is 35.5. The fraction of sp³-hybridized carbons (Fsp3) is 0.118. The normalized spacial score (nSPS) is 12.8. The van der Waals surface area contributed by atoms with E-state index in [0.717, 1.165) is 11.6 Å². The summed E-state index contributed by atoms with van der Waals surface area (Å²) >= 11 is 5.88. The average molecular weight is 362 g/mol. The van der Waals surface area contributed by atoms with Crippen LogP contribution in [0.25, 0.3) is 6.08 Å². The third kappa shape index (κ3) is 4.07. The summed E-state index contributed by atoms with van der Waals surface area (Å²) in [6, 6.07) is 8.88. The van der Waals surface area contributed by atoms with Gasteiger partial charge < -0.3 is 14.2 Å². The van der Waals surface area contributed by atoms with Crippen LogP contribution in [0.2, 0.25) is 5.02 Å². The van der Waals surface area contributed by atoms with Crippen molar-refractivity contribution in [1.29, 1.82) is 0 Å². The van der Waals surface area contributed by atoms with Gasteiger partial charge in [-0.15, -0.1) is 0 Å². The van der Waals surface area contributed by atoms with E-state index >= 15 is 0 Å². The van der Waals surface area contributed by atoms with Crippen LogP contribution in [-0.2, 0) is 4.79 Å². The summed E-state index contributed by atoms with van der Waals surface area (Å²) in [5.74, 6) is 0.651. The summed E-state index contributed by atoms with van der Waals surface area (Å²) in [4.78, 5) is 22.0. The van der Waals surface area contributed by atoms with Gasteiger partial charge in [0.15, 0.2) is 11.5 Å². The molecule has 0 aromatic heterocycles. The molecule has 0 unspecified atom stereocenters. The van der Waals surface area contributed by atoms with E-state index in [1.165, 1.54) is 18.2 Å². The lowest BCUT2D eigenvalue weighted by molar-refractivity contribution is -0.384. The topological polar surface area (TPSA) is 87.9 Å². The van der Waals surface area contributed by atoms with Crippen molar-refractivity contribution in [2.24, 2.45) is 0 Å². The maximum absolute atomic E-state index is 11.9. The molecule has 128 valence electrons. The van der Waals surface area contributed by atoms with E-state index in [-0.39, 0.29) is 16.5 Å². The largest absolute Gasteiger partial charge is 0.486 e. The SMILES string of the molecule is O=C(/C=C/c1ccc2c(c1)OCCO2)Oc1ccc([N+](=O)[O-])cc1Cl. The van der Waals surface area contributed by atoms with Crippen LogP contribution in [0.3, 0.4) is 0 Å². The molecule has 7 nitrogen and oxygen atoms in total. The zero-order valence-electron chi connectivity index (χ0n) is 12.8. The number of hydrogen-bond donors (Lipinski definition) is 0. The van der Waals surface area contributed by atoms with Gasteiger partial charge in [-0.05, 0) is 29.8 Å². The molecule has 0 amide bonds. The molecule has 0 bridgehead atoms. The Morgan fingerprint density at radius 3 is 2.64 bits per heavy atom. The highest BCUT2D eigenvalue weighted by Crippen LogP contribution is 2.31. The summed E-state index contributed by atoms with van der Waals surface area (Å²) < 4.78 is 16.0. The Morgan fingerprint density at radius 2 is 1.92 bits per heavy atom. The lowest BCUT2D eigenvalue weighted by atomic mass is 10.2. The lowest BCUT2D eigenvalue weighted by Crippen LogP contribution is -2.15. The number of rotatable bonds is 4. The highest BCUT2D eigenvalue weighted by Gasteiger charge is 2.13. The molecule has 0 atom stereocenters. The van der Waals surface area contributed by atoms with Crippen LogP contribution in [0.4, 0.5) is 5.69 Å². The molecule has 0 N–H and O–H groups in total. The molecular weight excluding hydrogens is 350 g/mol. The quantitative estimate of drug-likeness (QED) is 0.271. The third-order valence-electron chi connectivity index (χ3n) is 3.31. The van der Waals surface area contributed by atoms with Crippen molar-refractivity contribution in [3.63, 3.8) is 0 Å². The van der Waals surface area contributed by atoms with Crippen molar-refractivity contribution in [2.45, 2.75) is 0 Å². The summed E-state index contributed by atoms with van der Waals surface area (Å²) in [5.41, 5.74) is 0.549. The Kier molecular flexibility index (Phi) is 4.85. The van der Waals surface area contributed by atoms with Gasteiger partial charge in [0.25, 0.3) is 5.69 Å². The van der Waals surface area contributed by atoms with E-state index in [1.54, 1.807) is 24.3 Å². The van der Waals surface area contributed by atoms with Crippen molar-refractivity contribution in [3.05, 3.63) is 63.2 Å². The summed E-state index contributed by atoms with van der Waals surface area (Å²) in [5, 5.41) is 10.6. The molecule has 1 aliphatic heterocycles. The predicted molar refractivity (Wildman–Crippen MR) is 90.2 cm³/mol. The van der Waals surface area contributed by atoms with E-state index in [2.05, 4.69) is 0 Å². The zero-order chi connectivity index (χ0) is 17.8. The molecule has 8 heteroatoms. The smallest absolute Gasteiger partial charge is 0.336 e. The molecule has 1 aliphatic rings. The number of fused-ring (bicyclic) bond motifs is 1. The number of nitrogens with zero attached hydrogens (tertiary/aromatic N) is 1. The number of halogens is 1.